The van der Waals surface area contributed by atoms with Crippen LogP contribution in [-0.2, 0) is 38.2 Å². The molecule has 12 heteroatoms. The second kappa shape index (κ2) is 26.6. The van der Waals surface area contributed by atoms with Crippen LogP contribution >= 0.6 is 0 Å². The molecule has 10 nitrogen and oxygen atoms in total. The van der Waals surface area contributed by atoms with Gasteiger partial charge in [-0.2, -0.15) is 0 Å². The Hall–Kier alpha value is -3.64. The van der Waals surface area contributed by atoms with Crippen molar-refractivity contribution in [2.45, 2.75) is 120 Å². The van der Waals surface area contributed by atoms with Crippen LogP contribution in [0.1, 0.15) is 108 Å². The minimum Gasteiger partial charge on any atom is -0.550 e. The van der Waals surface area contributed by atoms with Crippen molar-refractivity contribution in [2.75, 3.05) is 0 Å². The molecule has 0 saturated heterocycles. The number of ether oxygens (including phenoxy) is 2. The molecular formula is C48H58Na2O10. The first-order chi connectivity index (χ1) is 27.0. The molecule has 60 heavy (non-hydrogen) atoms. The Labute approximate surface area is 400 Å². The molecule has 0 aromatic heterocycles. The normalized spacial score (nSPS) is 20.4. The molecule has 2 aliphatic rings. The predicted molar refractivity (Wildman–Crippen MR) is 221 cm³/mol. The van der Waals surface area contributed by atoms with Crippen molar-refractivity contribution in [1.82, 2.24) is 0 Å². The molecule has 0 heterocycles. The fourth-order valence-electron chi connectivity index (χ4n) is 6.60. The largest absolute Gasteiger partial charge is 1.00 e. The molecule has 0 amide bonds. The summed E-state index contributed by atoms with van der Waals surface area (Å²) in [6, 6.07) is 0. The van der Waals surface area contributed by atoms with E-state index in [0.717, 1.165) is 33.4 Å². The van der Waals surface area contributed by atoms with Crippen LogP contribution < -0.4 is 69.3 Å². The van der Waals surface area contributed by atoms with Gasteiger partial charge >= 0.3 is 71.1 Å². The van der Waals surface area contributed by atoms with Crippen molar-refractivity contribution in [3.63, 3.8) is 0 Å². The second-order valence-electron chi connectivity index (χ2n) is 16.1. The number of esters is 2. The van der Waals surface area contributed by atoms with E-state index in [0.29, 0.717) is 24.0 Å². The average Bonchev–Trinajstić information content (AvgIpc) is 3.12. The summed E-state index contributed by atoms with van der Waals surface area (Å²) in [5.74, 6) is -4.71. The molecule has 0 saturated carbocycles. The van der Waals surface area contributed by atoms with E-state index in [4.69, 9.17) is 9.47 Å². The predicted octanol–water partition coefficient (Wildman–Crippen LogP) is 1.08. The molecular weight excluding hydrogens is 782 g/mol. The summed E-state index contributed by atoms with van der Waals surface area (Å²) in [6.45, 7) is 19.3. The molecule has 312 valence electrons. The van der Waals surface area contributed by atoms with Gasteiger partial charge in [0.05, 0.1) is 12.8 Å². The third-order valence-corrected chi connectivity index (χ3v) is 9.89. The molecule has 0 radical (unpaired) electrons. The Bertz CT molecular complexity index is 1830. The van der Waals surface area contributed by atoms with Gasteiger partial charge in [-0.15, -0.1) is 0 Å². The number of hydrogen-bond donors (Lipinski definition) is 0. The standard InChI is InChI=1S/C48H60O10.2Na/c1-31(17-13-19-33(3)21-23-37-35(5)45(55)39(29-47(37,7)8)57-43(53)27-25-41(49)50)15-11-12-16-32(2)18-14-20-34(4)22-24-38-36(6)46(56)40(30-48(38,9)10)58-44(54)28-26-42(51)52;;/h11-24,39-40H,25-30H2,1-10H3,(H,49,50)(H,51,52);;/q;2*+1/p-2/b12-11+,17-13+,18-14+,23-21+,24-22+,31-15+,32-16+,33-19+,34-20+;;/t39-,40-;;/m1../s1. The van der Waals surface area contributed by atoms with Gasteiger partial charge in [0.15, 0.2) is 23.8 Å². The zero-order valence-electron chi connectivity index (χ0n) is 37.6. The van der Waals surface area contributed by atoms with Crippen molar-refractivity contribution < 1.29 is 108 Å². The first-order valence-electron chi connectivity index (χ1n) is 19.4. The molecule has 0 aromatic carbocycles. The monoisotopic (exact) mass is 840 g/mol. The second-order valence-corrected chi connectivity index (χ2v) is 16.1. The number of carboxylic acids is 2. The van der Waals surface area contributed by atoms with E-state index in [-0.39, 0.29) is 83.5 Å². The average molecular weight is 841 g/mol. The third kappa shape index (κ3) is 19.4. The van der Waals surface area contributed by atoms with E-state index in [1.807, 2.05) is 140 Å². The van der Waals surface area contributed by atoms with Gasteiger partial charge in [-0.3, -0.25) is 19.2 Å². The maximum Gasteiger partial charge on any atom is 1.00 e. The van der Waals surface area contributed by atoms with E-state index < -0.39 is 59.8 Å². The zero-order chi connectivity index (χ0) is 43.8. The fourth-order valence-corrected chi connectivity index (χ4v) is 6.60. The van der Waals surface area contributed by atoms with E-state index in [1.165, 1.54) is 0 Å². The summed E-state index contributed by atoms with van der Waals surface area (Å²) in [7, 11) is 0. The molecule has 0 unspecified atom stereocenters. The Morgan fingerprint density at radius 2 is 0.850 bits per heavy atom. The minimum atomic E-state index is -1.34. The first-order valence-corrected chi connectivity index (χ1v) is 19.4. The van der Waals surface area contributed by atoms with Gasteiger partial charge < -0.3 is 29.3 Å². The maximum absolute atomic E-state index is 13.0. The van der Waals surface area contributed by atoms with Gasteiger partial charge in [0.25, 0.3) is 0 Å². The SMILES string of the molecule is CC1=C(/C=C/C(C)=C/C=C/C(C)=C/C=C/C=C(C)/C=C/C=C(C)/C=C/C2=C(C)C(=O)[C@H](OC(=O)CCC(=O)[O-])CC2(C)C)C(C)(C)C[C@@H](OC(=O)CCC(=O)[O-])C1=O.[Na+].[Na+]. The first kappa shape index (κ1) is 56.4. The van der Waals surface area contributed by atoms with Crippen LogP contribution in [0.15, 0.2) is 130 Å². The summed E-state index contributed by atoms with van der Waals surface area (Å²) < 4.78 is 10.6. The third-order valence-electron chi connectivity index (χ3n) is 9.89. The van der Waals surface area contributed by atoms with E-state index in [9.17, 15) is 39.0 Å². The van der Waals surface area contributed by atoms with E-state index in [2.05, 4.69) is 0 Å². The molecule has 2 aliphatic carbocycles. The van der Waals surface area contributed by atoms with Crippen LogP contribution in [0.3, 0.4) is 0 Å². The van der Waals surface area contributed by atoms with Gasteiger partial charge in [-0.1, -0.05) is 135 Å². The van der Waals surface area contributed by atoms with Crippen LogP contribution in [0.2, 0.25) is 0 Å². The van der Waals surface area contributed by atoms with Crippen molar-refractivity contribution in [3.8, 4) is 0 Å². The van der Waals surface area contributed by atoms with Gasteiger partial charge in [0, 0.05) is 24.8 Å². The quantitative estimate of drug-likeness (QED) is 0.111. The molecule has 0 bridgehead atoms. The minimum absolute atomic E-state index is 0. The van der Waals surface area contributed by atoms with Gasteiger partial charge in [-0.25, -0.2) is 0 Å². The van der Waals surface area contributed by atoms with Gasteiger partial charge in [0.1, 0.15) is 0 Å². The number of aliphatic carboxylic acids is 2. The summed E-state index contributed by atoms with van der Waals surface area (Å²) in [5.41, 5.74) is 5.92. The van der Waals surface area contributed by atoms with Crippen molar-refractivity contribution >= 4 is 35.4 Å². The number of hydrogen-bond acceptors (Lipinski definition) is 10. The summed E-state index contributed by atoms with van der Waals surface area (Å²) in [4.78, 5) is 71.4. The smallest absolute Gasteiger partial charge is 0.550 e. The molecule has 2 atom stereocenters. The van der Waals surface area contributed by atoms with E-state index in [1.54, 1.807) is 13.8 Å². The number of carbonyl (C=O) groups is 6. The zero-order valence-corrected chi connectivity index (χ0v) is 41.6. The van der Waals surface area contributed by atoms with Crippen LogP contribution in [0, 0.1) is 10.8 Å². The molecule has 0 aromatic rings. The molecule has 2 rings (SSSR count). The maximum atomic E-state index is 13.0. The van der Waals surface area contributed by atoms with Gasteiger partial charge in [0.2, 0.25) is 0 Å². The Balaban J connectivity index is 0.0000174. The topological polar surface area (TPSA) is 167 Å². The molecule has 0 spiro atoms. The fraction of sp³-hybridized carbons (Fsp3) is 0.417. The number of Topliss-reactive ketones (excluding diaryl/α,β-unsaturated/α-hetero) is 2. The van der Waals surface area contributed by atoms with Crippen molar-refractivity contribution in [1.29, 1.82) is 0 Å². The number of allylic oxidation sites excluding steroid dienone is 20. The summed E-state index contributed by atoms with van der Waals surface area (Å²) in [5, 5.41) is 21.3. The number of ketones is 2. The Kier molecular flexibility index (Phi) is 25.0. The van der Waals surface area contributed by atoms with Crippen LogP contribution in [0.4, 0.5) is 0 Å². The number of carboxylic acid groups (broad SMARTS) is 2. The number of carbonyl (C=O) groups excluding carboxylic acids is 6. The van der Waals surface area contributed by atoms with Crippen molar-refractivity contribution in [3.05, 3.63) is 130 Å². The van der Waals surface area contributed by atoms with Crippen LogP contribution in [-0.4, -0.2) is 47.7 Å². The van der Waals surface area contributed by atoms with Crippen LogP contribution in [0.25, 0.3) is 0 Å². The van der Waals surface area contributed by atoms with E-state index >= 15 is 0 Å². The summed E-state index contributed by atoms with van der Waals surface area (Å²) >= 11 is 0. The van der Waals surface area contributed by atoms with Gasteiger partial charge in [-0.05, 0) is 87.5 Å². The van der Waals surface area contributed by atoms with Crippen LogP contribution in [0.5, 0.6) is 0 Å². The summed E-state index contributed by atoms with van der Waals surface area (Å²) in [6.07, 6.45) is 24.7. The molecule has 0 aliphatic heterocycles. The van der Waals surface area contributed by atoms with Crippen molar-refractivity contribution in [2.24, 2.45) is 10.8 Å². The molecule has 0 fully saturated rings. The Morgan fingerprint density at radius 1 is 0.550 bits per heavy atom. The molecule has 0 N–H and O–H groups in total. The Morgan fingerprint density at radius 3 is 1.17 bits per heavy atom. The number of rotatable bonds is 18.